The number of halogens is 3. The van der Waals surface area contributed by atoms with Gasteiger partial charge >= 0.3 is 0 Å². The Morgan fingerprint density at radius 3 is 2.59 bits per heavy atom. The summed E-state index contributed by atoms with van der Waals surface area (Å²) in [6, 6.07) is 12.6. The summed E-state index contributed by atoms with van der Waals surface area (Å²) in [4.78, 5) is 25.9. The highest BCUT2D eigenvalue weighted by molar-refractivity contribution is 6.31. The van der Waals surface area contributed by atoms with E-state index in [9.17, 15) is 14.0 Å². The molecule has 0 atom stereocenters. The fraction of sp³-hybridized carbons (Fsp3) is 0.143. The Kier molecular flexibility index (Phi) is 5.30. The second-order valence-corrected chi connectivity index (χ2v) is 7.47. The van der Waals surface area contributed by atoms with E-state index in [0.717, 1.165) is 0 Å². The topological polar surface area (TPSA) is 62.6 Å². The lowest BCUT2D eigenvalue weighted by molar-refractivity contribution is -0.123. The number of nitrogens with one attached hydrogen (secondary N) is 1. The van der Waals surface area contributed by atoms with Crippen molar-refractivity contribution < 1.29 is 18.4 Å². The molecule has 3 aromatic rings. The number of amides is 2. The average Bonchev–Trinajstić information content (AvgIpc) is 3.12. The van der Waals surface area contributed by atoms with Crippen LogP contribution in [0.15, 0.2) is 52.9 Å². The molecule has 0 unspecified atom stereocenters. The van der Waals surface area contributed by atoms with Gasteiger partial charge in [-0.2, -0.15) is 0 Å². The first-order valence-electron chi connectivity index (χ1n) is 8.83. The molecule has 4 rings (SSSR count). The van der Waals surface area contributed by atoms with E-state index >= 15 is 0 Å². The van der Waals surface area contributed by atoms with Gasteiger partial charge in [0.2, 0.25) is 5.91 Å². The van der Waals surface area contributed by atoms with Crippen LogP contribution in [0.2, 0.25) is 10.0 Å². The highest BCUT2D eigenvalue weighted by Crippen LogP contribution is 2.37. The Hall–Kier alpha value is -2.83. The largest absolute Gasteiger partial charge is 0.450 e. The minimum absolute atomic E-state index is 0.0464. The Balaban J connectivity index is 1.82. The van der Waals surface area contributed by atoms with Crippen molar-refractivity contribution in [2.45, 2.75) is 0 Å². The minimum Gasteiger partial charge on any atom is -0.450 e. The van der Waals surface area contributed by atoms with Crippen LogP contribution in [0.25, 0.3) is 22.5 Å². The quantitative estimate of drug-likeness (QED) is 0.655. The fourth-order valence-electron chi connectivity index (χ4n) is 3.23. The van der Waals surface area contributed by atoms with Crippen molar-refractivity contribution in [2.75, 3.05) is 19.6 Å². The number of piperazine rings is 1. The third kappa shape index (κ3) is 4.13. The number of hydrogen-bond donors (Lipinski definition) is 1. The van der Waals surface area contributed by atoms with E-state index in [0.29, 0.717) is 40.6 Å². The normalized spacial score (nSPS) is 14.0. The smallest absolute Gasteiger partial charge is 0.290 e. The summed E-state index contributed by atoms with van der Waals surface area (Å²) in [7, 11) is 0. The molecule has 1 aliphatic rings. The van der Waals surface area contributed by atoms with Gasteiger partial charge in [0, 0.05) is 34.3 Å². The molecule has 0 spiro atoms. The van der Waals surface area contributed by atoms with Crippen molar-refractivity contribution in [3.63, 3.8) is 0 Å². The maximum absolute atomic E-state index is 14.0. The highest BCUT2D eigenvalue weighted by atomic mass is 35.5. The number of benzene rings is 2. The van der Waals surface area contributed by atoms with Crippen LogP contribution in [0.3, 0.4) is 0 Å². The van der Waals surface area contributed by atoms with E-state index in [4.69, 9.17) is 27.6 Å². The fourth-order valence-corrected chi connectivity index (χ4v) is 3.64. The van der Waals surface area contributed by atoms with Gasteiger partial charge in [-0.1, -0.05) is 35.3 Å². The summed E-state index contributed by atoms with van der Waals surface area (Å²) in [6.45, 7) is 0.699. The molecule has 2 heterocycles. The lowest BCUT2D eigenvalue weighted by atomic mass is 10.0. The number of hydrogen-bond acceptors (Lipinski definition) is 3. The molecule has 1 aromatic heterocycles. The molecule has 0 aliphatic carbocycles. The Morgan fingerprint density at radius 1 is 1.07 bits per heavy atom. The van der Waals surface area contributed by atoms with Crippen molar-refractivity contribution in [1.29, 1.82) is 0 Å². The van der Waals surface area contributed by atoms with Gasteiger partial charge < -0.3 is 14.6 Å². The molecular formula is C21H15Cl2FN2O3. The molecule has 1 aliphatic heterocycles. The number of rotatable bonds is 3. The van der Waals surface area contributed by atoms with E-state index in [2.05, 4.69) is 5.32 Å². The van der Waals surface area contributed by atoms with Crippen LogP contribution < -0.4 is 5.32 Å². The predicted octanol–water partition coefficient (Wildman–Crippen LogP) is 4.63. The van der Waals surface area contributed by atoms with Gasteiger partial charge in [0.1, 0.15) is 18.1 Å². The SMILES string of the molecule is O=C1CN(C(=O)c2cc(-c3cc(F)cc(Cl)c3)c(-c3cccc(Cl)c3)o2)CCN1. The van der Waals surface area contributed by atoms with Crippen molar-refractivity contribution in [3.8, 4) is 22.5 Å². The molecule has 0 radical (unpaired) electrons. The monoisotopic (exact) mass is 432 g/mol. The first-order chi connectivity index (χ1) is 13.9. The summed E-state index contributed by atoms with van der Waals surface area (Å²) in [5, 5.41) is 3.38. The van der Waals surface area contributed by atoms with Crippen molar-refractivity contribution in [3.05, 3.63) is 70.2 Å². The van der Waals surface area contributed by atoms with Gasteiger partial charge in [-0.05, 0) is 42.0 Å². The summed E-state index contributed by atoms with van der Waals surface area (Å²) in [5.74, 6) is -0.754. The van der Waals surface area contributed by atoms with Crippen LogP contribution in [0.1, 0.15) is 10.6 Å². The van der Waals surface area contributed by atoms with Crippen LogP contribution in [0.4, 0.5) is 4.39 Å². The van der Waals surface area contributed by atoms with E-state index in [1.54, 1.807) is 30.3 Å². The van der Waals surface area contributed by atoms with Gasteiger partial charge in [-0.15, -0.1) is 0 Å². The molecule has 148 valence electrons. The van der Waals surface area contributed by atoms with Gasteiger partial charge in [0.05, 0.1) is 0 Å². The lowest BCUT2D eigenvalue weighted by Gasteiger charge is -2.25. The van der Waals surface area contributed by atoms with Crippen LogP contribution >= 0.6 is 23.2 Å². The average molecular weight is 433 g/mol. The van der Waals surface area contributed by atoms with E-state index in [-0.39, 0.29) is 23.2 Å². The van der Waals surface area contributed by atoms with Crippen molar-refractivity contribution >= 4 is 35.0 Å². The molecule has 2 aromatic carbocycles. The molecular weight excluding hydrogens is 418 g/mol. The Labute approximate surface area is 176 Å². The zero-order chi connectivity index (χ0) is 20.5. The van der Waals surface area contributed by atoms with Crippen LogP contribution in [-0.2, 0) is 4.79 Å². The number of furan rings is 1. The maximum atomic E-state index is 14.0. The lowest BCUT2D eigenvalue weighted by Crippen LogP contribution is -2.49. The third-order valence-electron chi connectivity index (χ3n) is 4.53. The summed E-state index contributed by atoms with van der Waals surface area (Å²) >= 11 is 12.1. The maximum Gasteiger partial charge on any atom is 0.290 e. The molecule has 1 N–H and O–H groups in total. The van der Waals surface area contributed by atoms with Gasteiger partial charge in [-0.3, -0.25) is 9.59 Å². The number of carbonyl (C=O) groups excluding carboxylic acids is 2. The summed E-state index contributed by atoms with van der Waals surface area (Å²) in [5.41, 5.74) is 1.59. The molecule has 0 bridgehead atoms. The summed E-state index contributed by atoms with van der Waals surface area (Å²) < 4.78 is 19.8. The van der Waals surface area contributed by atoms with Gasteiger partial charge in [0.15, 0.2) is 5.76 Å². The molecule has 8 heteroatoms. The Bertz CT molecular complexity index is 1090. The second-order valence-electron chi connectivity index (χ2n) is 6.60. The number of carbonyl (C=O) groups is 2. The standard InChI is InChI=1S/C21H15Cl2FN2O3/c22-14-3-1-2-12(6-14)20-17(13-7-15(23)9-16(24)8-13)10-18(29-20)21(28)26-5-4-25-19(27)11-26/h1-3,6-10H,4-5,11H2,(H,25,27). The van der Waals surface area contributed by atoms with E-state index < -0.39 is 11.7 Å². The van der Waals surface area contributed by atoms with Crippen LogP contribution in [0, 0.1) is 5.82 Å². The van der Waals surface area contributed by atoms with Crippen molar-refractivity contribution in [1.82, 2.24) is 10.2 Å². The van der Waals surface area contributed by atoms with E-state index in [1.165, 1.54) is 23.1 Å². The first-order valence-corrected chi connectivity index (χ1v) is 9.58. The number of nitrogens with zero attached hydrogens (tertiary/aromatic N) is 1. The van der Waals surface area contributed by atoms with Crippen LogP contribution in [0.5, 0.6) is 0 Å². The molecule has 29 heavy (non-hydrogen) atoms. The Morgan fingerprint density at radius 2 is 1.86 bits per heavy atom. The molecule has 5 nitrogen and oxygen atoms in total. The van der Waals surface area contributed by atoms with Crippen molar-refractivity contribution in [2.24, 2.45) is 0 Å². The zero-order valence-electron chi connectivity index (χ0n) is 15.0. The predicted molar refractivity (Wildman–Crippen MR) is 108 cm³/mol. The van der Waals surface area contributed by atoms with E-state index in [1.807, 2.05) is 0 Å². The van der Waals surface area contributed by atoms with Gasteiger partial charge in [0.25, 0.3) is 5.91 Å². The molecule has 0 saturated carbocycles. The summed E-state index contributed by atoms with van der Waals surface area (Å²) in [6.07, 6.45) is 0. The van der Waals surface area contributed by atoms with Gasteiger partial charge in [-0.25, -0.2) is 4.39 Å². The second kappa shape index (κ2) is 7.89. The molecule has 1 saturated heterocycles. The first kappa shape index (κ1) is 19.5. The zero-order valence-corrected chi connectivity index (χ0v) is 16.6. The third-order valence-corrected chi connectivity index (χ3v) is 4.98. The molecule has 1 fully saturated rings. The highest BCUT2D eigenvalue weighted by Gasteiger charge is 2.27. The van der Waals surface area contributed by atoms with Crippen LogP contribution in [-0.4, -0.2) is 36.3 Å². The molecule has 2 amide bonds. The minimum atomic E-state index is -0.508.